The normalized spacial score (nSPS) is 11.4. The first-order valence-electron chi connectivity index (χ1n) is 11.9. The van der Waals surface area contributed by atoms with Gasteiger partial charge in [0.15, 0.2) is 5.78 Å². The first kappa shape index (κ1) is 26.6. The van der Waals surface area contributed by atoms with Gasteiger partial charge in [-0.15, -0.1) is 11.3 Å². The number of carbonyl (C=O) groups excluding carboxylic acids is 4. The topological polar surface area (TPSA) is 109 Å². The summed E-state index contributed by atoms with van der Waals surface area (Å²) in [5.41, 5.74) is 2.30. The Balaban J connectivity index is 1.72. The van der Waals surface area contributed by atoms with Crippen molar-refractivity contribution in [1.82, 2.24) is 10.6 Å². The van der Waals surface area contributed by atoms with Gasteiger partial charge in [0.05, 0.1) is 24.2 Å². The van der Waals surface area contributed by atoms with Crippen LogP contribution in [-0.2, 0) is 16.1 Å². The van der Waals surface area contributed by atoms with Crippen molar-refractivity contribution in [2.45, 2.75) is 26.4 Å². The van der Waals surface area contributed by atoms with E-state index in [9.17, 15) is 19.2 Å². The number of Topliss-reactive ketones (excluding diaryl/α,β-unsaturated/α-hetero) is 1. The highest BCUT2D eigenvalue weighted by atomic mass is 32.1. The average molecular weight is 530 g/mol. The van der Waals surface area contributed by atoms with Crippen molar-refractivity contribution >= 4 is 40.5 Å². The largest absolute Gasteiger partial charge is 0.467 e. The first-order valence-corrected chi connectivity index (χ1v) is 12.8. The number of aryl methyl sites for hydroxylation is 1. The number of anilines is 1. The smallest absolute Gasteiger partial charge is 0.261 e. The minimum Gasteiger partial charge on any atom is -0.467 e. The second kappa shape index (κ2) is 12.2. The molecule has 0 saturated heterocycles. The third kappa shape index (κ3) is 6.43. The summed E-state index contributed by atoms with van der Waals surface area (Å²) in [7, 11) is 0. The van der Waals surface area contributed by atoms with Gasteiger partial charge >= 0.3 is 0 Å². The van der Waals surface area contributed by atoms with Crippen LogP contribution in [0.2, 0.25) is 0 Å². The van der Waals surface area contributed by atoms with Crippen molar-refractivity contribution in [2.24, 2.45) is 0 Å². The lowest BCUT2D eigenvalue weighted by atomic mass is 10.0. The molecule has 0 bridgehead atoms. The molecule has 0 spiro atoms. The zero-order valence-corrected chi connectivity index (χ0v) is 21.8. The number of thiophene rings is 1. The monoisotopic (exact) mass is 529 g/mol. The summed E-state index contributed by atoms with van der Waals surface area (Å²) in [6.45, 7) is 3.13. The van der Waals surface area contributed by atoms with Gasteiger partial charge < -0.3 is 15.1 Å². The molecule has 0 saturated carbocycles. The minimum atomic E-state index is -1.08. The Labute approximate surface area is 224 Å². The quantitative estimate of drug-likeness (QED) is 0.290. The lowest BCUT2D eigenvalue weighted by Crippen LogP contribution is -2.47. The Hall–Kier alpha value is -4.50. The van der Waals surface area contributed by atoms with Gasteiger partial charge in [0.1, 0.15) is 11.8 Å². The highest BCUT2D eigenvalue weighted by molar-refractivity contribution is 7.12. The van der Waals surface area contributed by atoms with Gasteiger partial charge in [0, 0.05) is 11.3 Å². The molecule has 0 radical (unpaired) electrons. The first-order chi connectivity index (χ1) is 18.3. The SMILES string of the molecule is CC(=O)c1cccc(N(C(=O)CNC(=O)c2cccs2)[C@H](C(=O)NCc2ccco2)c2ccc(C)cc2)c1. The van der Waals surface area contributed by atoms with E-state index < -0.39 is 17.9 Å². The lowest BCUT2D eigenvalue weighted by Gasteiger charge is -2.32. The number of nitrogens with zero attached hydrogens (tertiary/aromatic N) is 1. The van der Waals surface area contributed by atoms with Crippen molar-refractivity contribution in [3.05, 3.63) is 112 Å². The Bertz CT molecular complexity index is 1410. The third-order valence-electron chi connectivity index (χ3n) is 5.86. The third-order valence-corrected chi connectivity index (χ3v) is 6.73. The molecule has 2 aromatic heterocycles. The number of rotatable bonds is 10. The zero-order chi connectivity index (χ0) is 27.1. The molecule has 9 heteroatoms. The van der Waals surface area contributed by atoms with Crippen LogP contribution in [0.3, 0.4) is 0 Å². The Morgan fingerprint density at radius 3 is 2.39 bits per heavy atom. The Morgan fingerprint density at radius 2 is 1.74 bits per heavy atom. The molecule has 2 heterocycles. The summed E-state index contributed by atoms with van der Waals surface area (Å²) in [4.78, 5) is 53.9. The number of hydrogen-bond donors (Lipinski definition) is 2. The molecule has 0 aliphatic carbocycles. The van der Waals surface area contributed by atoms with Crippen molar-refractivity contribution < 1.29 is 23.6 Å². The fourth-order valence-electron chi connectivity index (χ4n) is 3.90. The van der Waals surface area contributed by atoms with Crippen LogP contribution in [-0.4, -0.2) is 30.0 Å². The van der Waals surface area contributed by atoms with Crippen LogP contribution in [0.1, 0.15) is 49.9 Å². The van der Waals surface area contributed by atoms with Crippen LogP contribution in [0.5, 0.6) is 0 Å². The van der Waals surface area contributed by atoms with Gasteiger partial charge in [-0.3, -0.25) is 24.1 Å². The molecule has 0 unspecified atom stereocenters. The summed E-state index contributed by atoms with van der Waals surface area (Å²) < 4.78 is 5.34. The van der Waals surface area contributed by atoms with E-state index in [1.54, 1.807) is 66.0 Å². The standard InChI is InChI=1S/C29H27N3O5S/c1-19-10-12-21(13-11-19)27(29(36)30-17-24-8-4-14-37-24)32(23-7-3-6-22(16-23)20(2)33)26(34)18-31-28(35)25-9-5-15-38-25/h3-16,27H,17-18H2,1-2H3,(H,30,36)(H,31,35)/t27-/m0/s1. The fraction of sp³-hybridized carbons (Fsp3) is 0.172. The zero-order valence-electron chi connectivity index (χ0n) is 21.0. The predicted molar refractivity (Wildman–Crippen MR) is 145 cm³/mol. The molecule has 1 atom stereocenters. The van der Waals surface area contributed by atoms with E-state index in [1.807, 2.05) is 19.1 Å². The molecular formula is C29H27N3O5S. The predicted octanol–water partition coefficient (Wildman–Crippen LogP) is 4.67. The second-order valence-corrected chi connectivity index (χ2v) is 9.59. The van der Waals surface area contributed by atoms with Gasteiger partial charge in [-0.1, -0.05) is 48.0 Å². The van der Waals surface area contributed by atoms with E-state index in [0.717, 1.165) is 5.56 Å². The molecule has 194 valence electrons. The molecule has 0 aliphatic heterocycles. The molecule has 2 N–H and O–H groups in total. The van der Waals surface area contributed by atoms with Gasteiger partial charge in [-0.05, 0) is 55.1 Å². The van der Waals surface area contributed by atoms with Crippen LogP contribution in [0.4, 0.5) is 5.69 Å². The van der Waals surface area contributed by atoms with E-state index in [1.165, 1.54) is 29.4 Å². The van der Waals surface area contributed by atoms with Gasteiger partial charge in [0.2, 0.25) is 11.8 Å². The molecule has 4 rings (SSSR count). The van der Waals surface area contributed by atoms with Crippen LogP contribution in [0.15, 0.2) is 88.9 Å². The van der Waals surface area contributed by atoms with E-state index in [2.05, 4.69) is 10.6 Å². The molecule has 8 nitrogen and oxygen atoms in total. The molecule has 4 aromatic rings. The van der Waals surface area contributed by atoms with Crippen molar-refractivity contribution in [1.29, 1.82) is 0 Å². The van der Waals surface area contributed by atoms with Crippen LogP contribution in [0.25, 0.3) is 0 Å². The van der Waals surface area contributed by atoms with E-state index >= 15 is 0 Å². The summed E-state index contributed by atoms with van der Waals surface area (Å²) in [5.74, 6) is -0.981. The second-order valence-electron chi connectivity index (χ2n) is 8.64. The highest BCUT2D eigenvalue weighted by Crippen LogP contribution is 2.29. The molecule has 2 aromatic carbocycles. The minimum absolute atomic E-state index is 0.124. The number of nitrogens with one attached hydrogen (secondary N) is 2. The van der Waals surface area contributed by atoms with Gasteiger partial charge in [-0.2, -0.15) is 0 Å². The summed E-state index contributed by atoms with van der Waals surface area (Å²) in [6.07, 6.45) is 1.51. The number of benzene rings is 2. The van der Waals surface area contributed by atoms with E-state index in [4.69, 9.17) is 4.42 Å². The van der Waals surface area contributed by atoms with E-state index in [-0.39, 0.29) is 24.8 Å². The van der Waals surface area contributed by atoms with Crippen molar-refractivity contribution in [2.75, 3.05) is 11.4 Å². The maximum Gasteiger partial charge on any atom is 0.261 e. The summed E-state index contributed by atoms with van der Waals surface area (Å²) in [5, 5.41) is 7.27. The highest BCUT2D eigenvalue weighted by Gasteiger charge is 2.33. The van der Waals surface area contributed by atoms with Crippen LogP contribution >= 0.6 is 11.3 Å². The summed E-state index contributed by atoms with van der Waals surface area (Å²) >= 11 is 1.26. The van der Waals surface area contributed by atoms with Crippen LogP contribution in [0, 0.1) is 6.92 Å². The van der Waals surface area contributed by atoms with Gasteiger partial charge in [0.25, 0.3) is 5.91 Å². The number of carbonyl (C=O) groups is 4. The van der Waals surface area contributed by atoms with Crippen LogP contribution < -0.4 is 15.5 Å². The Kier molecular flexibility index (Phi) is 8.50. The number of amides is 3. The number of furan rings is 1. The van der Waals surface area contributed by atoms with E-state index in [0.29, 0.717) is 27.5 Å². The Morgan fingerprint density at radius 1 is 0.947 bits per heavy atom. The molecule has 0 aliphatic rings. The molecule has 38 heavy (non-hydrogen) atoms. The number of hydrogen-bond acceptors (Lipinski definition) is 6. The van der Waals surface area contributed by atoms with Crippen molar-refractivity contribution in [3.8, 4) is 0 Å². The molecule has 0 fully saturated rings. The van der Waals surface area contributed by atoms with Crippen molar-refractivity contribution in [3.63, 3.8) is 0 Å². The maximum absolute atomic E-state index is 13.7. The fourth-order valence-corrected chi connectivity index (χ4v) is 4.54. The van der Waals surface area contributed by atoms with Gasteiger partial charge in [-0.25, -0.2) is 0 Å². The number of ketones is 1. The molecular weight excluding hydrogens is 502 g/mol. The average Bonchev–Trinajstić information content (AvgIpc) is 3.64. The summed E-state index contributed by atoms with van der Waals surface area (Å²) in [6, 6.07) is 19.6. The molecule has 3 amide bonds. The maximum atomic E-state index is 13.7. The lowest BCUT2D eigenvalue weighted by molar-refractivity contribution is -0.126.